The van der Waals surface area contributed by atoms with Crippen molar-refractivity contribution in [3.63, 3.8) is 0 Å². The molecule has 0 N–H and O–H groups in total. The molecule has 2 amide bonds. The molecule has 0 radical (unpaired) electrons. The van der Waals surface area contributed by atoms with Crippen LogP contribution in [-0.2, 0) is 14.3 Å². The maximum Gasteiger partial charge on any atom is 0.233 e. The molecule has 1 saturated carbocycles. The molecule has 0 aromatic rings. The maximum absolute atomic E-state index is 12.1. The van der Waals surface area contributed by atoms with Gasteiger partial charge in [0.15, 0.2) is 0 Å². The molecule has 2 saturated heterocycles. The van der Waals surface area contributed by atoms with Crippen LogP contribution in [0.1, 0.15) is 38.5 Å². The molecule has 4 heteroatoms. The highest BCUT2D eigenvalue weighted by molar-refractivity contribution is 6.05. The third kappa shape index (κ3) is 2.10. The van der Waals surface area contributed by atoms with Gasteiger partial charge in [-0.3, -0.25) is 14.5 Å². The van der Waals surface area contributed by atoms with E-state index in [0.717, 1.165) is 45.1 Å². The van der Waals surface area contributed by atoms with Crippen molar-refractivity contribution < 1.29 is 14.3 Å². The second-order valence-corrected chi connectivity index (χ2v) is 5.42. The molecule has 2 heterocycles. The summed E-state index contributed by atoms with van der Waals surface area (Å²) in [7, 11) is 0. The van der Waals surface area contributed by atoms with Crippen LogP contribution in [0.25, 0.3) is 0 Å². The number of nitrogens with zero attached hydrogens (tertiary/aromatic N) is 1. The molecule has 3 fully saturated rings. The Bertz CT molecular complexity index is 314. The van der Waals surface area contributed by atoms with Crippen LogP contribution in [0.4, 0.5) is 0 Å². The Morgan fingerprint density at radius 3 is 2.24 bits per heavy atom. The van der Waals surface area contributed by atoms with Crippen LogP contribution in [0.5, 0.6) is 0 Å². The molecule has 0 aromatic carbocycles. The van der Waals surface area contributed by atoms with Crippen LogP contribution in [0.2, 0.25) is 0 Å². The third-order valence-corrected chi connectivity index (χ3v) is 4.24. The van der Waals surface area contributed by atoms with E-state index in [0.29, 0.717) is 12.6 Å². The predicted molar refractivity (Wildman–Crippen MR) is 61.1 cm³/mol. The summed E-state index contributed by atoms with van der Waals surface area (Å²) >= 11 is 0. The van der Waals surface area contributed by atoms with E-state index in [-0.39, 0.29) is 23.7 Å². The van der Waals surface area contributed by atoms with Gasteiger partial charge in [-0.05, 0) is 25.7 Å². The van der Waals surface area contributed by atoms with Gasteiger partial charge < -0.3 is 4.74 Å². The van der Waals surface area contributed by atoms with E-state index in [4.69, 9.17) is 4.74 Å². The van der Waals surface area contributed by atoms with Crippen LogP contribution in [0, 0.1) is 11.8 Å². The van der Waals surface area contributed by atoms with E-state index >= 15 is 0 Å². The monoisotopic (exact) mass is 237 g/mol. The summed E-state index contributed by atoms with van der Waals surface area (Å²) in [4.78, 5) is 25.7. The molecule has 1 aliphatic carbocycles. The second-order valence-electron chi connectivity index (χ2n) is 5.42. The molecule has 0 bridgehead atoms. The van der Waals surface area contributed by atoms with Gasteiger partial charge >= 0.3 is 0 Å². The molecule has 2 aliphatic heterocycles. The van der Waals surface area contributed by atoms with Gasteiger partial charge in [-0.2, -0.15) is 0 Å². The second kappa shape index (κ2) is 4.41. The van der Waals surface area contributed by atoms with Gasteiger partial charge in [0, 0.05) is 6.54 Å². The lowest BCUT2D eigenvalue weighted by molar-refractivity contribution is -0.140. The number of epoxide rings is 1. The first-order valence-corrected chi connectivity index (χ1v) is 6.74. The molecular formula is C13H19NO3. The van der Waals surface area contributed by atoms with Crippen molar-refractivity contribution in [2.75, 3.05) is 13.2 Å². The standard InChI is InChI=1S/C13H19NO3/c15-12-10-5-1-2-6-11(10)13(16)14(12)7-3-4-9-8-17-9/h9-11H,1-8H2. The van der Waals surface area contributed by atoms with Gasteiger partial charge in [0.05, 0.1) is 24.5 Å². The largest absolute Gasteiger partial charge is 0.373 e. The van der Waals surface area contributed by atoms with Crippen LogP contribution in [0.15, 0.2) is 0 Å². The molecular weight excluding hydrogens is 218 g/mol. The van der Waals surface area contributed by atoms with Crippen molar-refractivity contribution in [1.29, 1.82) is 0 Å². The van der Waals surface area contributed by atoms with E-state index in [2.05, 4.69) is 0 Å². The summed E-state index contributed by atoms with van der Waals surface area (Å²) in [6.45, 7) is 1.46. The quantitative estimate of drug-likeness (QED) is 0.547. The van der Waals surface area contributed by atoms with E-state index < -0.39 is 0 Å². The van der Waals surface area contributed by atoms with Crippen molar-refractivity contribution in [2.45, 2.75) is 44.6 Å². The number of amides is 2. The zero-order valence-electron chi connectivity index (χ0n) is 10.1. The van der Waals surface area contributed by atoms with Gasteiger partial charge in [-0.1, -0.05) is 12.8 Å². The number of ether oxygens (including phenoxy) is 1. The Labute approximate surface area is 101 Å². The predicted octanol–water partition coefficient (Wildman–Crippen LogP) is 1.34. The van der Waals surface area contributed by atoms with Crippen LogP contribution in [-0.4, -0.2) is 36.0 Å². The van der Waals surface area contributed by atoms with E-state index in [1.165, 1.54) is 4.90 Å². The molecule has 3 rings (SSSR count). The fourth-order valence-electron chi connectivity index (χ4n) is 3.16. The summed E-state index contributed by atoms with van der Waals surface area (Å²) in [6.07, 6.45) is 6.29. The van der Waals surface area contributed by atoms with Gasteiger partial charge in [-0.15, -0.1) is 0 Å². The molecule has 17 heavy (non-hydrogen) atoms. The van der Waals surface area contributed by atoms with Gasteiger partial charge in [-0.25, -0.2) is 0 Å². The van der Waals surface area contributed by atoms with E-state index in [9.17, 15) is 9.59 Å². The minimum Gasteiger partial charge on any atom is -0.373 e. The van der Waals surface area contributed by atoms with Gasteiger partial charge in [0.2, 0.25) is 11.8 Å². The fourth-order valence-corrected chi connectivity index (χ4v) is 3.16. The highest BCUT2D eigenvalue weighted by Crippen LogP contribution is 2.38. The Hall–Kier alpha value is -0.900. The van der Waals surface area contributed by atoms with E-state index in [1.807, 2.05) is 0 Å². The summed E-state index contributed by atoms with van der Waals surface area (Å²) in [6, 6.07) is 0. The number of hydrogen-bond donors (Lipinski definition) is 0. The zero-order chi connectivity index (χ0) is 11.8. The molecule has 3 unspecified atom stereocenters. The number of carbonyl (C=O) groups is 2. The lowest BCUT2D eigenvalue weighted by Gasteiger charge is -2.19. The Kier molecular flexibility index (Phi) is 2.90. The van der Waals surface area contributed by atoms with Crippen LogP contribution in [0.3, 0.4) is 0 Å². The Morgan fingerprint density at radius 1 is 1.12 bits per heavy atom. The van der Waals surface area contributed by atoms with E-state index in [1.54, 1.807) is 0 Å². The molecule has 0 spiro atoms. The van der Waals surface area contributed by atoms with Crippen LogP contribution < -0.4 is 0 Å². The summed E-state index contributed by atoms with van der Waals surface area (Å²) in [5, 5.41) is 0. The number of imide groups is 1. The molecule has 4 nitrogen and oxygen atoms in total. The van der Waals surface area contributed by atoms with Crippen molar-refractivity contribution >= 4 is 11.8 Å². The van der Waals surface area contributed by atoms with Crippen LogP contribution >= 0.6 is 0 Å². The molecule has 3 aliphatic rings. The van der Waals surface area contributed by atoms with Gasteiger partial charge in [0.25, 0.3) is 0 Å². The molecule has 3 atom stereocenters. The summed E-state index contributed by atoms with van der Waals surface area (Å²) < 4.78 is 5.13. The topological polar surface area (TPSA) is 49.9 Å². The first-order valence-electron chi connectivity index (χ1n) is 6.74. The number of fused-ring (bicyclic) bond motifs is 1. The Morgan fingerprint density at radius 2 is 1.71 bits per heavy atom. The molecule has 0 aromatic heterocycles. The Balaban J connectivity index is 1.59. The smallest absolute Gasteiger partial charge is 0.233 e. The first kappa shape index (κ1) is 11.2. The van der Waals surface area contributed by atoms with Gasteiger partial charge in [0.1, 0.15) is 0 Å². The number of carbonyl (C=O) groups excluding carboxylic acids is 2. The van der Waals surface area contributed by atoms with Crippen molar-refractivity contribution in [3.8, 4) is 0 Å². The third-order valence-electron chi connectivity index (χ3n) is 4.24. The summed E-state index contributed by atoms with van der Waals surface area (Å²) in [5.41, 5.74) is 0. The van der Waals surface area contributed by atoms with Crippen molar-refractivity contribution in [2.24, 2.45) is 11.8 Å². The van der Waals surface area contributed by atoms with Crippen molar-refractivity contribution in [3.05, 3.63) is 0 Å². The fraction of sp³-hybridized carbons (Fsp3) is 0.846. The lowest BCUT2D eigenvalue weighted by Crippen LogP contribution is -2.32. The zero-order valence-corrected chi connectivity index (χ0v) is 10.1. The maximum atomic E-state index is 12.1. The minimum absolute atomic E-state index is 0.00780. The number of likely N-dealkylation sites (tertiary alicyclic amines) is 1. The first-order chi connectivity index (χ1) is 8.27. The van der Waals surface area contributed by atoms with Crippen molar-refractivity contribution in [1.82, 2.24) is 4.90 Å². The number of hydrogen-bond acceptors (Lipinski definition) is 3. The SMILES string of the molecule is O=C1C2CCCCC2C(=O)N1CCCC1CO1. The summed E-state index contributed by atoms with van der Waals surface area (Å²) in [5.74, 6) is 0.203. The highest BCUT2D eigenvalue weighted by atomic mass is 16.6. The number of rotatable bonds is 4. The minimum atomic E-state index is 0.00780. The normalized spacial score (nSPS) is 36.2. The molecule has 94 valence electrons. The average molecular weight is 237 g/mol. The lowest BCUT2D eigenvalue weighted by atomic mass is 9.81. The average Bonchev–Trinajstić information content (AvgIpc) is 3.13. The highest BCUT2D eigenvalue weighted by Gasteiger charge is 2.47.